The maximum Gasteiger partial charge on any atom is 0.410 e. The molecule has 4 heterocycles. The summed E-state index contributed by atoms with van der Waals surface area (Å²) < 4.78 is 5.54. The Morgan fingerprint density at radius 2 is 1.75 bits per heavy atom. The molecule has 0 aromatic heterocycles. The van der Waals surface area contributed by atoms with Crippen LogP contribution in [-0.4, -0.2) is 78.8 Å². The molecule has 0 radical (unpaired) electrons. The predicted molar refractivity (Wildman–Crippen MR) is 144 cm³/mol. The number of benzene rings is 1. The molecule has 2 atom stereocenters. The van der Waals surface area contributed by atoms with Gasteiger partial charge in [0.1, 0.15) is 5.60 Å². The summed E-state index contributed by atoms with van der Waals surface area (Å²) in [5, 5.41) is 0. The van der Waals surface area contributed by atoms with Crippen molar-refractivity contribution in [1.82, 2.24) is 9.80 Å². The molecular formula is C29H44N4O3. The van der Waals surface area contributed by atoms with Gasteiger partial charge in [-0.1, -0.05) is 0 Å². The minimum Gasteiger partial charge on any atom is -0.444 e. The summed E-state index contributed by atoms with van der Waals surface area (Å²) in [4.78, 5) is 35.1. The average Bonchev–Trinajstić information content (AvgIpc) is 3.54. The second kappa shape index (κ2) is 9.55. The van der Waals surface area contributed by atoms with Crippen LogP contribution in [0.5, 0.6) is 0 Å². The Morgan fingerprint density at radius 3 is 2.39 bits per heavy atom. The number of likely N-dealkylation sites (tertiary alicyclic amines) is 2. The molecule has 4 saturated heterocycles. The molecule has 36 heavy (non-hydrogen) atoms. The lowest BCUT2D eigenvalue weighted by molar-refractivity contribution is -0.128. The summed E-state index contributed by atoms with van der Waals surface area (Å²) in [5.41, 5.74) is 2.63. The lowest BCUT2D eigenvalue weighted by Gasteiger charge is -2.38. The monoisotopic (exact) mass is 496 g/mol. The number of carbonyl (C=O) groups excluding carboxylic acids is 2. The van der Waals surface area contributed by atoms with E-state index >= 15 is 0 Å². The van der Waals surface area contributed by atoms with Crippen LogP contribution in [0.1, 0.15) is 71.8 Å². The molecule has 1 aromatic rings. The van der Waals surface area contributed by atoms with E-state index in [1.807, 2.05) is 25.7 Å². The molecule has 1 spiro atoms. The van der Waals surface area contributed by atoms with E-state index in [1.165, 1.54) is 37.1 Å². The molecule has 0 bridgehead atoms. The Morgan fingerprint density at radius 1 is 1.03 bits per heavy atom. The summed E-state index contributed by atoms with van der Waals surface area (Å²) in [6.45, 7) is 15.5. The number of hydrogen-bond donors (Lipinski definition) is 0. The van der Waals surface area contributed by atoms with Gasteiger partial charge in [-0.3, -0.25) is 9.69 Å². The zero-order chi connectivity index (χ0) is 25.7. The number of hydrogen-bond acceptors (Lipinski definition) is 5. The van der Waals surface area contributed by atoms with Crippen molar-refractivity contribution in [2.24, 2.45) is 5.41 Å². The number of ether oxygens (including phenoxy) is 1. The van der Waals surface area contributed by atoms with E-state index in [0.29, 0.717) is 38.0 Å². The molecule has 0 aliphatic carbocycles. The first-order chi connectivity index (χ1) is 17.1. The fourth-order valence-electron chi connectivity index (χ4n) is 6.84. The first kappa shape index (κ1) is 25.4. The van der Waals surface area contributed by atoms with Gasteiger partial charge in [-0.05, 0) is 103 Å². The predicted octanol–water partition coefficient (Wildman–Crippen LogP) is 4.81. The molecule has 1 aromatic carbocycles. The molecule has 2 amide bonds. The lowest BCUT2D eigenvalue weighted by atomic mass is 9.77. The third kappa shape index (κ3) is 4.83. The summed E-state index contributed by atoms with van der Waals surface area (Å²) in [5.74, 6) is 0.228. The molecule has 4 aliphatic heterocycles. The van der Waals surface area contributed by atoms with E-state index in [-0.39, 0.29) is 17.4 Å². The van der Waals surface area contributed by atoms with Gasteiger partial charge < -0.3 is 19.4 Å². The van der Waals surface area contributed by atoms with Gasteiger partial charge in [0.2, 0.25) is 5.91 Å². The molecule has 5 rings (SSSR count). The van der Waals surface area contributed by atoms with Crippen molar-refractivity contribution in [1.29, 1.82) is 0 Å². The molecular weight excluding hydrogens is 452 g/mol. The van der Waals surface area contributed by atoms with Crippen molar-refractivity contribution >= 4 is 23.4 Å². The molecule has 7 heteroatoms. The zero-order valence-electron chi connectivity index (χ0n) is 22.9. The van der Waals surface area contributed by atoms with E-state index in [2.05, 4.69) is 41.8 Å². The summed E-state index contributed by atoms with van der Waals surface area (Å²) in [6.07, 6.45) is 5.90. The highest BCUT2D eigenvalue weighted by molar-refractivity contribution is 6.00. The number of carbonyl (C=O) groups is 2. The van der Waals surface area contributed by atoms with Gasteiger partial charge in [0, 0.05) is 56.2 Å². The second-order valence-electron chi connectivity index (χ2n) is 12.5. The Bertz CT molecular complexity index is 995. The Hall–Kier alpha value is -2.28. The Balaban J connectivity index is 1.21. The minimum absolute atomic E-state index is 0.228. The van der Waals surface area contributed by atoms with Crippen molar-refractivity contribution in [3.05, 3.63) is 23.8 Å². The smallest absolute Gasteiger partial charge is 0.410 e. The van der Waals surface area contributed by atoms with Gasteiger partial charge in [-0.25, -0.2) is 4.79 Å². The fraction of sp³-hybridized carbons (Fsp3) is 0.724. The molecule has 4 aliphatic rings. The topological polar surface area (TPSA) is 56.3 Å². The standard InChI is InChI=1S/C29H44N4O3/c1-21-19-23(31-15-10-24(20-31)32-14-6-7-22(32)2)8-9-25(21)33-18-13-29(26(33)34)11-16-30(17-12-29)27(35)36-28(3,4)5/h8-9,19,22,24H,6-7,10-18,20H2,1-5H3/t22-,24+/m0/s1. The van der Waals surface area contributed by atoms with E-state index in [9.17, 15) is 9.59 Å². The highest BCUT2D eigenvalue weighted by Gasteiger charge is 2.49. The van der Waals surface area contributed by atoms with Crippen LogP contribution < -0.4 is 9.80 Å². The molecule has 7 nitrogen and oxygen atoms in total. The van der Waals surface area contributed by atoms with Gasteiger partial charge in [0.25, 0.3) is 0 Å². The number of piperidine rings is 1. The number of nitrogens with zero attached hydrogens (tertiary/aromatic N) is 4. The number of aryl methyl sites for hydroxylation is 1. The number of amides is 2. The van der Waals surface area contributed by atoms with Gasteiger partial charge in [0.15, 0.2) is 0 Å². The third-order valence-electron chi connectivity index (χ3n) is 8.96. The van der Waals surface area contributed by atoms with E-state index < -0.39 is 5.60 Å². The van der Waals surface area contributed by atoms with Gasteiger partial charge >= 0.3 is 6.09 Å². The van der Waals surface area contributed by atoms with Crippen LogP contribution in [0.4, 0.5) is 16.2 Å². The van der Waals surface area contributed by atoms with E-state index in [0.717, 1.165) is 31.7 Å². The molecule has 0 unspecified atom stereocenters. The van der Waals surface area contributed by atoms with Crippen LogP contribution in [0.3, 0.4) is 0 Å². The summed E-state index contributed by atoms with van der Waals surface area (Å²) >= 11 is 0. The average molecular weight is 497 g/mol. The van der Waals surface area contributed by atoms with Crippen LogP contribution >= 0.6 is 0 Å². The van der Waals surface area contributed by atoms with Crippen molar-refractivity contribution in [2.45, 2.75) is 90.8 Å². The van der Waals surface area contributed by atoms with Gasteiger partial charge in [0.05, 0.1) is 5.41 Å². The van der Waals surface area contributed by atoms with Crippen LogP contribution in [0.15, 0.2) is 18.2 Å². The van der Waals surface area contributed by atoms with Crippen molar-refractivity contribution in [3.8, 4) is 0 Å². The Labute approximate surface area is 216 Å². The van der Waals surface area contributed by atoms with Crippen molar-refractivity contribution < 1.29 is 14.3 Å². The van der Waals surface area contributed by atoms with Crippen molar-refractivity contribution in [3.63, 3.8) is 0 Å². The quantitative estimate of drug-likeness (QED) is 0.601. The summed E-state index contributed by atoms with van der Waals surface area (Å²) in [6, 6.07) is 8.01. The largest absolute Gasteiger partial charge is 0.444 e. The highest BCUT2D eigenvalue weighted by Crippen LogP contribution is 2.44. The van der Waals surface area contributed by atoms with E-state index in [1.54, 1.807) is 4.90 Å². The maximum absolute atomic E-state index is 13.7. The van der Waals surface area contributed by atoms with E-state index in [4.69, 9.17) is 4.74 Å². The Kier molecular flexibility index (Phi) is 6.73. The van der Waals surface area contributed by atoms with Crippen LogP contribution in [0.2, 0.25) is 0 Å². The van der Waals surface area contributed by atoms with Crippen LogP contribution in [0.25, 0.3) is 0 Å². The van der Waals surface area contributed by atoms with Gasteiger partial charge in [-0.2, -0.15) is 0 Å². The van der Waals surface area contributed by atoms with Crippen LogP contribution in [-0.2, 0) is 9.53 Å². The molecule has 0 N–H and O–H groups in total. The highest BCUT2D eigenvalue weighted by atomic mass is 16.6. The third-order valence-corrected chi connectivity index (χ3v) is 8.96. The van der Waals surface area contributed by atoms with Crippen molar-refractivity contribution in [2.75, 3.05) is 49.1 Å². The maximum atomic E-state index is 13.7. The number of anilines is 2. The van der Waals surface area contributed by atoms with Crippen LogP contribution in [0, 0.1) is 12.3 Å². The second-order valence-corrected chi connectivity index (χ2v) is 12.5. The molecule has 198 valence electrons. The minimum atomic E-state index is -0.502. The fourth-order valence-corrected chi connectivity index (χ4v) is 6.84. The summed E-state index contributed by atoms with van der Waals surface area (Å²) in [7, 11) is 0. The molecule has 0 saturated carbocycles. The number of rotatable bonds is 3. The molecule has 4 fully saturated rings. The van der Waals surface area contributed by atoms with Gasteiger partial charge in [-0.15, -0.1) is 0 Å². The SMILES string of the molecule is Cc1cc(N2CC[C@@H](N3CCC[C@@H]3C)C2)ccc1N1CCC2(CCN(C(=O)OC(C)(C)C)CC2)C1=O. The first-order valence-electron chi connectivity index (χ1n) is 14.0. The normalized spacial score (nSPS) is 26.9. The lowest BCUT2D eigenvalue weighted by Crippen LogP contribution is -2.48. The first-order valence-corrected chi connectivity index (χ1v) is 14.0. The zero-order valence-corrected chi connectivity index (χ0v) is 22.9.